The second-order valence-electron chi connectivity index (χ2n) is 4.12. The quantitative estimate of drug-likeness (QED) is 0.654. The first kappa shape index (κ1) is 11.9. The molecule has 1 N–H and O–H groups in total. The Kier molecular flexibility index (Phi) is 3.43. The Morgan fingerprint density at radius 1 is 1.06 bits per heavy atom. The number of aromatic nitrogens is 1. The van der Waals surface area contributed by atoms with Crippen LogP contribution in [0.1, 0.15) is 5.56 Å². The number of hydrogen-bond donors (Lipinski definition) is 1. The van der Waals surface area contributed by atoms with Crippen molar-refractivity contribution in [2.45, 2.75) is 10.6 Å². The minimum Gasteiger partial charge on any atom is -0.360 e. The number of fused-ring (bicyclic) bond motifs is 1. The average molecular weight is 318 g/mol. The van der Waals surface area contributed by atoms with E-state index in [2.05, 4.69) is 75.6 Å². The van der Waals surface area contributed by atoms with Crippen LogP contribution >= 0.6 is 27.7 Å². The number of halogens is 1. The lowest BCUT2D eigenvalue weighted by Crippen LogP contribution is -1.78. The minimum absolute atomic E-state index is 1.00. The van der Waals surface area contributed by atoms with E-state index in [9.17, 15) is 0 Å². The van der Waals surface area contributed by atoms with E-state index in [0.29, 0.717) is 0 Å². The maximum absolute atomic E-state index is 3.52. The first-order valence-corrected chi connectivity index (χ1v) is 7.54. The van der Waals surface area contributed by atoms with Gasteiger partial charge in [-0.05, 0) is 23.8 Å². The molecule has 0 atom stereocenters. The number of thioether (sulfide) groups is 1. The Hall–Kier alpha value is -1.19. The van der Waals surface area contributed by atoms with Gasteiger partial charge in [-0.2, -0.15) is 0 Å². The molecule has 1 aromatic heterocycles. The third-order valence-corrected chi connectivity index (χ3v) is 4.46. The van der Waals surface area contributed by atoms with Gasteiger partial charge in [-0.1, -0.05) is 46.3 Å². The van der Waals surface area contributed by atoms with Gasteiger partial charge in [0, 0.05) is 32.2 Å². The summed E-state index contributed by atoms with van der Waals surface area (Å²) in [5, 5.41) is 1.28. The van der Waals surface area contributed by atoms with Gasteiger partial charge in [0.25, 0.3) is 0 Å². The molecular formula is C15H12BrNS. The summed E-state index contributed by atoms with van der Waals surface area (Å²) in [5.41, 5.74) is 2.54. The Balaban J connectivity index is 1.85. The summed E-state index contributed by atoms with van der Waals surface area (Å²) >= 11 is 5.39. The lowest BCUT2D eigenvalue weighted by molar-refractivity contribution is 1.38. The normalized spacial score (nSPS) is 10.9. The van der Waals surface area contributed by atoms with Crippen molar-refractivity contribution in [3.8, 4) is 0 Å². The van der Waals surface area contributed by atoms with E-state index in [0.717, 1.165) is 10.2 Å². The van der Waals surface area contributed by atoms with Crippen LogP contribution in [-0.2, 0) is 5.75 Å². The van der Waals surface area contributed by atoms with Crippen LogP contribution in [0.5, 0.6) is 0 Å². The summed E-state index contributed by atoms with van der Waals surface area (Å²) in [4.78, 5) is 4.61. The molecule has 0 aliphatic heterocycles. The van der Waals surface area contributed by atoms with Crippen LogP contribution < -0.4 is 0 Å². The first-order chi connectivity index (χ1) is 8.83. The molecule has 0 aliphatic rings. The van der Waals surface area contributed by atoms with Crippen molar-refractivity contribution in [3.63, 3.8) is 0 Å². The van der Waals surface area contributed by atoms with Crippen molar-refractivity contribution in [3.05, 3.63) is 64.8 Å². The maximum atomic E-state index is 3.52. The van der Waals surface area contributed by atoms with E-state index in [1.165, 1.54) is 21.4 Å². The molecule has 0 spiro atoms. The van der Waals surface area contributed by atoms with Gasteiger partial charge in [-0.15, -0.1) is 11.8 Å². The summed E-state index contributed by atoms with van der Waals surface area (Å²) < 4.78 is 1.12. The van der Waals surface area contributed by atoms with Gasteiger partial charge in [0.05, 0.1) is 0 Å². The predicted octanol–water partition coefficient (Wildman–Crippen LogP) is 5.22. The van der Waals surface area contributed by atoms with Gasteiger partial charge in [-0.25, -0.2) is 0 Å². The fraction of sp³-hybridized carbons (Fsp3) is 0.0667. The number of nitrogens with one attached hydrogen (secondary N) is 1. The van der Waals surface area contributed by atoms with Gasteiger partial charge < -0.3 is 4.98 Å². The third kappa shape index (κ3) is 2.47. The molecule has 3 heteroatoms. The second-order valence-corrected chi connectivity index (χ2v) is 6.05. The van der Waals surface area contributed by atoms with Crippen molar-refractivity contribution >= 4 is 38.6 Å². The zero-order valence-electron chi connectivity index (χ0n) is 9.69. The van der Waals surface area contributed by atoms with Crippen LogP contribution in [-0.4, -0.2) is 4.98 Å². The summed E-state index contributed by atoms with van der Waals surface area (Å²) in [5.74, 6) is 1.00. The molecule has 0 radical (unpaired) electrons. The summed E-state index contributed by atoms with van der Waals surface area (Å²) in [6.07, 6.45) is 2.09. The minimum atomic E-state index is 1.00. The van der Waals surface area contributed by atoms with Crippen molar-refractivity contribution < 1.29 is 0 Å². The molecule has 0 unspecified atom stereocenters. The molecule has 3 aromatic rings. The highest BCUT2D eigenvalue weighted by molar-refractivity contribution is 9.10. The fourth-order valence-corrected chi connectivity index (χ4v) is 3.26. The van der Waals surface area contributed by atoms with Crippen molar-refractivity contribution in [2.24, 2.45) is 0 Å². The molecule has 0 amide bonds. The molecule has 1 heterocycles. The molecule has 18 heavy (non-hydrogen) atoms. The standard InChI is InChI=1S/C15H12BrNS/c16-12-6-7-14-13(8-12)15(9-17-14)18-10-11-4-2-1-3-5-11/h1-9,17H,10H2. The third-order valence-electron chi connectivity index (χ3n) is 2.84. The number of H-pyrrole nitrogens is 1. The summed E-state index contributed by atoms with van der Waals surface area (Å²) in [6.45, 7) is 0. The van der Waals surface area contributed by atoms with Crippen LogP contribution in [0.25, 0.3) is 10.9 Å². The zero-order chi connectivity index (χ0) is 12.4. The molecule has 1 nitrogen and oxygen atoms in total. The second kappa shape index (κ2) is 5.21. The molecule has 0 fully saturated rings. The highest BCUT2D eigenvalue weighted by Crippen LogP contribution is 2.31. The Morgan fingerprint density at radius 2 is 1.89 bits per heavy atom. The zero-order valence-corrected chi connectivity index (χ0v) is 12.1. The van der Waals surface area contributed by atoms with Gasteiger partial charge in [0.15, 0.2) is 0 Å². The lowest BCUT2D eigenvalue weighted by Gasteiger charge is -2.00. The SMILES string of the molecule is Brc1ccc2[nH]cc(SCc3ccccc3)c2c1. The number of aromatic amines is 1. The van der Waals surface area contributed by atoms with E-state index < -0.39 is 0 Å². The van der Waals surface area contributed by atoms with E-state index in [4.69, 9.17) is 0 Å². The van der Waals surface area contributed by atoms with Gasteiger partial charge in [0.1, 0.15) is 0 Å². The molecule has 90 valence electrons. The number of benzene rings is 2. The summed E-state index contributed by atoms with van der Waals surface area (Å²) in [7, 11) is 0. The van der Waals surface area contributed by atoms with E-state index in [-0.39, 0.29) is 0 Å². The molecule has 0 bridgehead atoms. The smallest absolute Gasteiger partial charge is 0.0466 e. The molecule has 0 saturated heterocycles. The fourth-order valence-electron chi connectivity index (χ4n) is 1.92. The highest BCUT2D eigenvalue weighted by Gasteiger charge is 2.04. The molecular weight excluding hydrogens is 306 g/mol. The average Bonchev–Trinajstić information content (AvgIpc) is 2.80. The molecule has 0 aliphatic carbocycles. The topological polar surface area (TPSA) is 15.8 Å². The molecule has 2 aromatic carbocycles. The highest BCUT2D eigenvalue weighted by atomic mass is 79.9. The Labute approximate surface area is 119 Å². The monoisotopic (exact) mass is 317 g/mol. The van der Waals surface area contributed by atoms with Gasteiger partial charge in [0.2, 0.25) is 0 Å². The predicted molar refractivity (Wildman–Crippen MR) is 82.0 cm³/mol. The van der Waals surface area contributed by atoms with Crippen LogP contribution in [0.4, 0.5) is 0 Å². The number of hydrogen-bond acceptors (Lipinski definition) is 1. The van der Waals surface area contributed by atoms with Crippen LogP contribution in [0.3, 0.4) is 0 Å². The Morgan fingerprint density at radius 3 is 2.72 bits per heavy atom. The maximum Gasteiger partial charge on any atom is 0.0466 e. The van der Waals surface area contributed by atoms with Crippen molar-refractivity contribution in [1.82, 2.24) is 4.98 Å². The van der Waals surface area contributed by atoms with Crippen molar-refractivity contribution in [1.29, 1.82) is 0 Å². The van der Waals surface area contributed by atoms with Crippen LogP contribution in [0.15, 0.2) is 64.1 Å². The van der Waals surface area contributed by atoms with E-state index >= 15 is 0 Å². The van der Waals surface area contributed by atoms with E-state index in [1.54, 1.807) is 0 Å². The summed E-state index contributed by atoms with van der Waals surface area (Å²) in [6, 6.07) is 16.9. The molecule has 3 rings (SSSR count). The lowest BCUT2D eigenvalue weighted by atomic mass is 10.2. The van der Waals surface area contributed by atoms with E-state index in [1.807, 2.05) is 11.8 Å². The first-order valence-electron chi connectivity index (χ1n) is 5.76. The largest absolute Gasteiger partial charge is 0.360 e. The van der Waals surface area contributed by atoms with Gasteiger partial charge >= 0.3 is 0 Å². The van der Waals surface area contributed by atoms with Crippen LogP contribution in [0, 0.1) is 0 Å². The number of rotatable bonds is 3. The van der Waals surface area contributed by atoms with Crippen LogP contribution in [0.2, 0.25) is 0 Å². The Bertz CT molecular complexity index is 661. The van der Waals surface area contributed by atoms with Crippen molar-refractivity contribution in [2.75, 3.05) is 0 Å². The van der Waals surface area contributed by atoms with Gasteiger partial charge in [-0.3, -0.25) is 0 Å². The molecule has 0 saturated carbocycles.